The van der Waals surface area contributed by atoms with Gasteiger partial charge in [-0.3, -0.25) is 9.59 Å². The molecule has 1 atom stereocenters. The second-order valence-corrected chi connectivity index (χ2v) is 8.08. The molecule has 0 radical (unpaired) electrons. The van der Waals surface area contributed by atoms with Crippen LogP contribution in [0.15, 0.2) is 54.6 Å². The normalized spacial score (nSPS) is 11.9. The molecule has 0 heterocycles. The summed E-state index contributed by atoms with van der Waals surface area (Å²) in [5, 5.41) is 3.01. The first-order chi connectivity index (χ1) is 14.4. The molecule has 2 aromatic rings. The van der Waals surface area contributed by atoms with Crippen molar-refractivity contribution >= 4 is 11.8 Å². The van der Waals surface area contributed by atoms with Gasteiger partial charge in [0, 0.05) is 25.9 Å². The number of rotatable bonds is 11. The fraction of sp³-hybridized carbons (Fsp3) is 0.440. The molecule has 0 aromatic heterocycles. The summed E-state index contributed by atoms with van der Waals surface area (Å²) in [6.45, 7) is 7.02. The summed E-state index contributed by atoms with van der Waals surface area (Å²) >= 11 is 0. The van der Waals surface area contributed by atoms with E-state index < -0.39 is 6.04 Å². The lowest BCUT2D eigenvalue weighted by molar-refractivity contribution is -0.141. The minimum Gasteiger partial charge on any atom is -0.354 e. The van der Waals surface area contributed by atoms with Gasteiger partial charge >= 0.3 is 0 Å². The Kier molecular flexibility index (Phi) is 9.52. The fourth-order valence-corrected chi connectivity index (χ4v) is 3.30. The van der Waals surface area contributed by atoms with E-state index in [1.807, 2.05) is 37.3 Å². The van der Waals surface area contributed by atoms with E-state index in [9.17, 15) is 14.0 Å². The minimum atomic E-state index is -0.622. The molecule has 162 valence electrons. The van der Waals surface area contributed by atoms with Crippen LogP contribution in [0.3, 0.4) is 0 Å². The first-order valence-corrected chi connectivity index (χ1v) is 10.8. The van der Waals surface area contributed by atoms with Crippen molar-refractivity contribution in [1.82, 2.24) is 10.2 Å². The molecule has 4 nitrogen and oxygen atoms in total. The molecule has 2 rings (SSSR count). The molecule has 0 aliphatic carbocycles. The van der Waals surface area contributed by atoms with Gasteiger partial charge in [0.25, 0.3) is 0 Å². The zero-order valence-electron chi connectivity index (χ0n) is 18.2. The van der Waals surface area contributed by atoms with Gasteiger partial charge in [-0.1, -0.05) is 63.2 Å². The summed E-state index contributed by atoms with van der Waals surface area (Å²) in [6.07, 6.45) is 2.38. The highest BCUT2D eigenvalue weighted by molar-refractivity contribution is 5.88. The monoisotopic (exact) mass is 412 g/mol. The number of halogens is 1. The summed E-state index contributed by atoms with van der Waals surface area (Å²) in [7, 11) is 0. The maximum atomic E-state index is 13.3. The van der Waals surface area contributed by atoms with E-state index in [1.165, 1.54) is 12.1 Å². The van der Waals surface area contributed by atoms with E-state index in [0.29, 0.717) is 31.7 Å². The molecule has 1 N–H and O–H groups in total. The van der Waals surface area contributed by atoms with E-state index in [-0.39, 0.29) is 24.2 Å². The molecule has 30 heavy (non-hydrogen) atoms. The van der Waals surface area contributed by atoms with Gasteiger partial charge < -0.3 is 10.2 Å². The third-order valence-electron chi connectivity index (χ3n) is 5.02. The number of hydrogen-bond acceptors (Lipinski definition) is 2. The van der Waals surface area contributed by atoms with Gasteiger partial charge in [-0.2, -0.15) is 0 Å². The van der Waals surface area contributed by atoms with Crippen LogP contribution in [0.25, 0.3) is 0 Å². The summed E-state index contributed by atoms with van der Waals surface area (Å²) in [4.78, 5) is 27.8. The Morgan fingerprint density at radius 3 is 2.27 bits per heavy atom. The molecular weight excluding hydrogens is 379 g/mol. The van der Waals surface area contributed by atoms with Gasteiger partial charge in [-0.15, -0.1) is 0 Å². The average Bonchev–Trinajstić information content (AvgIpc) is 2.72. The number of nitrogens with one attached hydrogen (secondary N) is 1. The van der Waals surface area contributed by atoms with Crippen LogP contribution in [-0.4, -0.2) is 29.3 Å². The van der Waals surface area contributed by atoms with Crippen LogP contribution in [0.2, 0.25) is 0 Å². The van der Waals surface area contributed by atoms with E-state index in [2.05, 4.69) is 19.2 Å². The first-order valence-electron chi connectivity index (χ1n) is 10.8. The van der Waals surface area contributed by atoms with Gasteiger partial charge in [-0.25, -0.2) is 4.39 Å². The topological polar surface area (TPSA) is 49.4 Å². The number of carbonyl (C=O) groups excluding carboxylic acids is 2. The Hall–Kier alpha value is -2.69. The predicted octanol–water partition coefficient (Wildman–Crippen LogP) is 4.73. The molecule has 0 spiro atoms. The molecule has 0 saturated heterocycles. The molecule has 2 aromatic carbocycles. The molecule has 0 saturated carbocycles. The Balaban J connectivity index is 2.29. The van der Waals surface area contributed by atoms with Crippen molar-refractivity contribution < 1.29 is 14.0 Å². The smallest absolute Gasteiger partial charge is 0.243 e. The van der Waals surface area contributed by atoms with Gasteiger partial charge in [0.1, 0.15) is 11.9 Å². The van der Waals surface area contributed by atoms with E-state index in [4.69, 9.17) is 0 Å². The molecule has 0 bridgehead atoms. The number of hydrogen-bond donors (Lipinski definition) is 1. The molecule has 0 fully saturated rings. The van der Waals surface area contributed by atoms with Crippen LogP contribution in [0, 0.1) is 11.7 Å². The quantitative estimate of drug-likeness (QED) is 0.580. The Bertz CT molecular complexity index is 791. The lowest BCUT2D eigenvalue weighted by Gasteiger charge is -2.31. The van der Waals surface area contributed by atoms with Crippen molar-refractivity contribution in [3.05, 3.63) is 71.5 Å². The van der Waals surface area contributed by atoms with Gasteiger partial charge in [0.05, 0.1) is 0 Å². The molecule has 2 amide bonds. The van der Waals surface area contributed by atoms with Crippen LogP contribution in [-0.2, 0) is 22.6 Å². The average molecular weight is 413 g/mol. The number of benzene rings is 2. The zero-order chi connectivity index (χ0) is 21.9. The molecular formula is C25H33FN2O2. The Labute approximate surface area is 179 Å². The highest BCUT2D eigenvalue weighted by Crippen LogP contribution is 2.17. The summed E-state index contributed by atoms with van der Waals surface area (Å²) in [5.74, 6) is -0.0554. The predicted molar refractivity (Wildman–Crippen MR) is 118 cm³/mol. The SMILES string of the molecule is CCCC(=O)N(Cc1ccc(F)cc1)C(Cc1ccccc1)C(=O)NCCC(C)C. The molecule has 1 unspecified atom stereocenters. The maximum Gasteiger partial charge on any atom is 0.243 e. The van der Waals surface area contributed by atoms with Crippen LogP contribution < -0.4 is 5.32 Å². The minimum absolute atomic E-state index is 0.0678. The zero-order valence-corrected chi connectivity index (χ0v) is 18.2. The van der Waals surface area contributed by atoms with Crippen molar-refractivity contribution in [2.45, 2.75) is 59.0 Å². The molecule has 0 aliphatic rings. The van der Waals surface area contributed by atoms with Crippen molar-refractivity contribution in [3.63, 3.8) is 0 Å². The van der Waals surface area contributed by atoms with Crippen LogP contribution in [0.4, 0.5) is 4.39 Å². The molecule has 0 aliphatic heterocycles. The third-order valence-corrected chi connectivity index (χ3v) is 5.02. The van der Waals surface area contributed by atoms with E-state index in [0.717, 1.165) is 17.5 Å². The van der Waals surface area contributed by atoms with Crippen LogP contribution in [0.5, 0.6) is 0 Å². The lowest BCUT2D eigenvalue weighted by Crippen LogP contribution is -2.50. The van der Waals surface area contributed by atoms with Crippen molar-refractivity contribution in [3.8, 4) is 0 Å². The van der Waals surface area contributed by atoms with Gasteiger partial charge in [0.15, 0.2) is 0 Å². The Morgan fingerprint density at radius 1 is 1.00 bits per heavy atom. The number of carbonyl (C=O) groups is 2. The second-order valence-electron chi connectivity index (χ2n) is 8.08. The lowest BCUT2D eigenvalue weighted by atomic mass is 10.0. The number of amides is 2. The Morgan fingerprint density at radius 2 is 1.67 bits per heavy atom. The van der Waals surface area contributed by atoms with Crippen LogP contribution >= 0.6 is 0 Å². The number of nitrogens with zero attached hydrogens (tertiary/aromatic N) is 1. The van der Waals surface area contributed by atoms with E-state index in [1.54, 1.807) is 17.0 Å². The largest absolute Gasteiger partial charge is 0.354 e. The summed E-state index contributed by atoms with van der Waals surface area (Å²) in [5.41, 5.74) is 1.80. The first kappa shape index (κ1) is 23.6. The third kappa shape index (κ3) is 7.62. The summed E-state index contributed by atoms with van der Waals surface area (Å²) in [6, 6.07) is 15.2. The standard InChI is InChI=1S/C25H33FN2O2/c1-4-8-24(29)28(18-21-11-13-22(26)14-12-21)23(17-20-9-6-5-7-10-20)25(30)27-16-15-19(2)3/h5-7,9-14,19,23H,4,8,15-18H2,1-3H3,(H,27,30). The second kappa shape index (κ2) is 12.1. The maximum absolute atomic E-state index is 13.3. The fourth-order valence-electron chi connectivity index (χ4n) is 3.30. The molecule has 5 heteroatoms. The van der Waals surface area contributed by atoms with E-state index >= 15 is 0 Å². The summed E-state index contributed by atoms with van der Waals surface area (Å²) < 4.78 is 13.3. The van der Waals surface area contributed by atoms with Crippen LogP contribution in [0.1, 0.15) is 51.2 Å². The highest BCUT2D eigenvalue weighted by atomic mass is 19.1. The highest BCUT2D eigenvalue weighted by Gasteiger charge is 2.29. The van der Waals surface area contributed by atoms with Gasteiger partial charge in [-0.05, 0) is 42.0 Å². The van der Waals surface area contributed by atoms with Crippen molar-refractivity contribution in [2.75, 3.05) is 6.54 Å². The van der Waals surface area contributed by atoms with Gasteiger partial charge in [0.2, 0.25) is 11.8 Å². The van der Waals surface area contributed by atoms with Crippen molar-refractivity contribution in [1.29, 1.82) is 0 Å². The van der Waals surface area contributed by atoms with Crippen molar-refractivity contribution in [2.24, 2.45) is 5.92 Å².